The van der Waals surface area contributed by atoms with Gasteiger partial charge in [-0.1, -0.05) is 13.2 Å². The van der Waals surface area contributed by atoms with E-state index in [1.54, 1.807) is 0 Å². The molecule has 1 N–H and O–H groups in total. The second-order valence-corrected chi connectivity index (χ2v) is 3.22. The summed E-state index contributed by atoms with van der Waals surface area (Å²) in [5.74, 6) is 1.07. The van der Waals surface area contributed by atoms with Gasteiger partial charge in [0.1, 0.15) is 0 Å². The highest BCUT2D eigenvalue weighted by atomic mass is 31.2. The van der Waals surface area contributed by atoms with Crippen LogP contribution in [0.2, 0.25) is 0 Å². The van der Waals surface area contributed by atoms with E-state index >= 15 is 0 Å². The van der Waals surface area contributed by atoms with Gasteiger partial charge in [-0.25, -0.2) is 4.57 Å². The Morgan fingerprint density at radius 1 is 1.89 bits per heavy atom. The summed E-state index contributed by atoms with van der Waals surface area (Å²) in [6.45, 7) is 7.88. The Morgan fingerprint density at radius 2 is 2.33 bits per heavy atom. The molecule has 0 aromatic heterocycles. The van der Waals surface area contributed by atoms with Gasteiger partial charge in [-0.2, -0.15) is 0 Å². The predicted octanol–water partition coefficient (Wildman–Crippen LogP) is 1.87. The van der Waals surface area contributed by atoms with E-state index in [4.69, 9.17) is 4.89 Å². The maximum absolute atomic E-state index is 10.5. The fraction of sp³-hybridized carbons (Fsp3) is 0.200. The highest BCUT2D eigenvalue weighted by Gasteiger charge is 2.12. The molecule has 1 atom stereocenters. The molecule has 0 amide bonds. The Kier molecular flexibility index (Phi) is 2.68. The third kappa shape index (κ3) is 4.01. The van der Waals surface area contributed by atoms with Crippen LogP contribution in [0.5, 0.6) is 0 Å². The molecule has 0 heterocycles. The molecular weight excluding hydrogens is 139 g/mol. The van der Waals surface area contributed by atoms with E-state index in [-0.39, 0.29) is 5.76 Å². The van der Waals surface area contributed by atoms with Gasteiger partial charge in [-0.15, -0.1) is 0 Å². The van der Waals surface area contributed by atoms with Crippen LogP contribution in [0.3, 0.4) is 0 Å². The minimum atomic E-state index is -3.57. The van der Waals surface area contributed by atoms with Gasteiger partial charge in [0.2, 0.25) is 0 Å². The molecule has 0 aromatic carbocycles. The Balaban J connectivity index is 4.03. The lowest BCUT2D eigenvalue weighted by Crippen LogP contribution is -1.80. The summed E-state index contributed by atoms with van der Waals surface area (Å²) >= 11 is 0. The molecule has 0 aromatic rings. The number of rotatable bonds is 3. The molecule has 0 aliphatic rings. The maximum atomic E-state index is 10.5. The summed E-state index contributed by atoms with van der Waals surface area (Å²) < 4.78 is 14.9. The monoisotopic (exact) mass is 148 g/mol. The van der Waals surface area contributed by atoms with Crippen LogP contribution in [0.25, 0.3) is 0 Å². The molecule has 4 heteroatoms. The van der Waals surface area contributed by atoms with Crippen molar-refractivity contribution in [2.45, 2.75) is 6.92 Å². The quantitative estimate of drug-likeness (QED) is 0.490. The van der Waals surface area contributed by atoms with Gasteiger partial charge >= 0.3 is 7.60 Å². The van der Waals surface area contributed by atoms with Crippen molar-refractivity contribution in [1.29, 1.82) is 0 Å². The Morgan fingerprint density at radius 3 is 2.44 bits per heavy atom. The molecule has 9 heavy (non-hydrogen) atoms. The van der Waals surface area contributed by atoms with E-state index in [0.29, 0.717) is 0 Å². The van der Waals surface area contributed by atoms with Crippen molar-refractivity contribution in [3.63, 3.8) is 0 Å². The summed E-state index contributed by atoms with van der Waals surface area (Å²) in [7, 11) is -3.57. The zero-order valence-electron chi connectivity index (χ0n) is 5.20. The van der Waals surface area contributed by atoms with E-state index in [1.165, 1.54) is 6.92 Å². The summed E-state index contributed by atoms with van der Waals surface area (Å²) in [6.07, 6.45) is 0. The molecule has 0 fully saturated rings. The summed E-state index contributed by atoms with van der Waals surface area (Å²) in [6, 6.07) is 0. The minimum Gasteiger partial charge on any atom is -0.427 e. The molecule has 0 aliphatic heterocycles. The van der Waals surface area contributed by atoms with Crippen LogP contribution < -0.4 is 0 Å². The minimum absolute atomic E-state index is 0.209. The van der Waals surface area contributed by atoms with E-state index in [1.807, 2.05) is 0 Å². The molecule has 1 unspecified atom stereocenters. The van der Waals surface area contributed by atoms with E-state index in [9.17, 15) is 4.57 Å². The van der Waals surface area contributed by atoms with Crippen molar-refractivity contribution in [2.75, 3.05) is 0 Å². The molecule has 0 radical (unpaired) electrons. The zero-order valence-corrected chi connectivity index (χ0v) is 6.10. The smallest absolute Gasteiger partial charge is 0.400 e. The summed E-state index contributed by atoms with van der Waals surface area (Å²) in [5, 5.41) is 0. The lowest BCUT2D eigenvalue weighted by atomic mass is 10.7. The van der Waals surface area contributed by atoms with Gasteiger partial charge in [0.05, 0.1) is 5.76 Å². The van der Waals surface area contributed by atoms with Crippen molar-refractivity contribution < 1.29 is 14.0 Å². The lowest BCUT2D eigenvalue weighted by molar-refractivity contribution is 0.337. The van der Waals surface area contributed by atoms with Crippen LogP contribution in [0, 0.1) is 0 Å². The van der Waals surface area contributed by atoms with Crippen LogP contribution >= 0.6 is 7.60 Å². The number of hydrogen-bond donors (Lipinski definition) is 1. The van der Waals surface area contributed by atoms with Crippen molar-refractivity contribution in [2.24, 2.45) is 0 Å². The van der Waals surface area contributed by atoms with Gasteiger partial charge in [-0.3, -0.25) is 0 Å². The topological polar surface area (TPSA) is 46.5 Å². The van der Waals surface area contributed by atoms with Crippen LogP contribution in [-0.4, -0.2) is 4.89 Å². The van der Waals surface area contributed by atoms with Crippen molar-refractivity contribution in [3.8, 4) is 0 Å². The standard InChI is InChI=1S/C5H9O3P/c1-4-9(6,7)8-5(2)3/h4H,1-2H2,3H3,(H,6,7). The third-order valence-electron chi connectivity index (χ3n) is 0.517. The fourth-order valence-electron chi connectivity index (χ4n) is 0.261. The Bertz CT molecular complexity index is 173. The number of allylic oxidation sites excluding steroid dienone is 1. The second kappa shape index (κ2) is 2.85. The predicted molar refractivity (Wildman–Crippen MR) is 35.9 cm³/mol. The maximum Gasteiger partial charge on any atom is 0.400 e. The van der Waals surface area contributed by atoms with Crippen LogP contribution in [0.15, 0.2) is 24.7 Å². The molecule has 3 nitrogen and oxygen atoms in total. The van der Waals surface area contributed by atoms with Gasteiger partial charge < -0.3 is 9.42 Å². The summed E-state index contributed by atoms with van der Waals surface area (Å²) in [5.41, 5.74) is 0. The average Bonchev–Trinajstić information content (AvgIpc) is 1.63. The third-order valence-corrected chi connectivity index (χ3v) is 1.55. The van der Waals surface area contributed by atoms with Crippen LogP contribution in [0.4, 0.5) is 0 Å². The molecule has 0 saturated heterocycles. The summed E-state index contributed by atoms with van der Waals surface area (Å²) in [4.78, 5) is 8.65. The number of hydrogen-bond acceptors (Lipinski definition) is 2. The van der Waals surface area contributed by atoms with Gasteiger partial charge in [0, 0.05) is 5.82 Å². The second-order valence-electron chi connectivity index (χ2n) is 1.54. The Labute approximate surface area is 54.2 Å². The molecular formula is C5H9O3P. The van der Waals surface area contributed by atoms with Crippen molar-refractivity contribution >= 4 is 7.60 Å². The Hall–Kier alpha value is -0.530. The van der Waals surface area contributed by atoms with E-state index < -0.39 is 7.60 Å². The highest BCUT2D eigenvalue weighted by molar-refractivity contribution is 7.56. The SMILES string of the molecule is C=CP(=O)(O)OC(=C)C. The fourth-order valence-corrected chi connectivity index (χ4v) is 0.782. The van der Waals surface area contributed by atoms with Crippen LogP contribution in [0.1, 0.15) is 6.92 Å². The average molecular weight is 148 g/mol. The molecule has 0 spiro atoms. The lowest BCUT2D eigenvalue weighted by Gasteiger charge is -2.06. The first kappa shape index (κ1) is 8.47. The zero-order chi connectivity index (χ0) is 7.49. The molecule has 0 bridgehead atoms. The van der Waals surface area contributed by atoms with Crippen molar-refractivity contribution in [3.05, 3.63) is 24.7 Å². The molecule has 0 rings (SSSR count). The normalized spacial score (nSPS) is 15.8. The molecule has 0 saturated carbocycles. The van der Waals surface area contributed by atoms with Crippen LogP contribution in [-0.2, 0) is 9.09 Å². The van der Waals surface area contributed by atoms with Gasteiger partial charge in [0.25, 0.3) is 0 Å². The molecule has 0 aliphatic carbocycles. The highest BCUT2D eigenvalue weighted by Crippen LogP contribution is 2.44. The van der Waals surface area contributed by atoms with E-state index in [0.717, 1.165) is 5.82 Å². The van der Waals surface area contributed by atoms with E-state index in [2.05, 4.69) is 17.7 Å². The van der Waals surface area contributed by atoms with Crippen molar-refractivity contribution in [1.82, 2.24) is 0 Å². The van der Waals surface area contributed by atoms with Gasteiger partial charge in [0.15, 0.2) is 0 Å². The first-order valence-electron chi connectivity index (χ1n) is 2.29. The molecule has 52 valence electrons. The van der Waals surface area contributed by atoms with Gasteiger partial charge in [-0.05, 0) is 6.92 Å². The first-order chi connectivity index (χ1) is 3.98. The largest absolute Gasteiger partial charge is 0.427 e. The first-order valence-corrected chi connectivity index (χ1v) is 3.94.